The predicted octanol–water partition coefficient (Wildman–Crippen LogP) is 4.13. The summed E-state index contributed by atoms with van der Waals surface area (Å²) in [5.74, 6) is 1.48. The fourth-order valence-electron chi connectivity index (χ4n) is 2.17. The normalized spacial score (nSPS) is 27.1. The molecule has 3 atom stereocenters. The molecule has 0 heterocycles. The van der Waals surface area contributed by atoms with Gasteiger partial charge in [-0.2, -0.15) is 0 Å². The highest BCUT2D eigenvalue weighted by atomic mass is 79.9. The van der Waals surface area contributed by atoms with Gasteiger partial charge in [-0.15, -0.1) is 0 Å². The van der Waals surface area contributed by atoms with Crippen molar-refractivity contribution in [2.75, 3.05) is 6.61 Å². The highest BCUT2D eigenvalue weighted by molar-refractivity contribution is 9.09. The van der Waals surface area contributed by atoms with Crippen molar-refractivity contribution >= 4 is 15.9 Å². The Morgan fingerprint density at radius 2 is 2.17 bits per heavy atom. The molecule has 3 unspecified atom stereocenters. The van der Waals surface area contributed by atoms with Gasteiger partial charge in [-0.05, 0) is 30.5 Å². The maximum atomic E-state index is 6.02. The molecular weight excluding hydrogens is 292 g/mol. The standard InChI is InChI=1S/C15H21BrO2/c1-4-17-15-13(16)9-14(15)18-12-7-5-6-11(8-12)10(2)3/h5-8,10,13-15H,4,9H2,1-3H3. The van der Waals surface area contributed by atoms with Crippen LogP contribution in [0.4, 0.5) is 0 Å². The maximum absolute atomic E-state index is 6.02. The number of hydrogen-bond donors (Lipinski definition) is 0. The molecule has 100 valence electrons. The number of rotatable bonds is 5. The number of benzene rings is 1. The van der Waals surface area contributed by atoms with Gasteiger partial charge in [0.2, 0.25) is 0 Å². The quantitative estimate of drug-likeness (QED) is 0.761. The topological polar surface area (TPSA) is 18.5 Å². The van der Waals surface area contributed by atoms with Gasteiger partial charge in [-0.3, -0.25) is 0 Å². The summed E-state index contributed by atoms with van der Waals surface area (Å²) in [7, 11) is 0. The van der Waals surface area contributed by atoms with Crippen LogP contribution in [0.1, 0.15) is 38.7 Å². The number of hydrogen-bond acceptors (Lipinski definition) is 2. The second-order valence-corrected chi connectivity index (χ2v) is 6.23. The van der Waals surface area contributed by atoms with Crippen LogP contribution in [0.3, 0.4) is 0 Å². The molecule has 18 heavy (non-hydrogen) atoms. The van der Waals surface area contributed by atoms with E-state index in [2.05, 4.69) is 48.0 Å². The number of halogens is 1. The van der Waals surface area contributed by atoms with Crippen molar-refractivity contribution in [3.8, 4) is 5.75 Å². The lowest BCUT2D eigenvalue weighted by Gasteiger charge is -2.40. The van der Waals surface area contributed by atoms with Crippen LogP contribution in [0, 0.1) is 0 Å². The Hall–Kier alpha value is -0.540. The van der Waals surface area contributed by atoms with Crippen LogP contribution in [-0.4, -0.2) is 23.6 Å². The Morgan fingerprint density at radius 1 is 1.39 bits per heavy atom. The molecule has 2 nitrogen and oxygen atoms in total. The van der Waals surface area contributed by atoms with Crippen LogP contribution in [0.15, 0.2) is 24.3 Å². The van der Waals surface area contributed by atoms with Gasteiger partial charge in [0, 0.05) is 17.9 Å². The van der Waals surface area contributed by atoms with Crippen LogP contribution in [0.5, 0.6) is 5.75 Å². The van der Waals surface area contributed by atoms with Crippen LogP contribution in [0.25, 0.3) is 0 Å². The first-order valence-corrected chi connectivity index (χ1v) is 7.55. The van der Waals surface area contributed by atoms with E-state index in [-0.39, 0.29) is 12.2 Å². The highest BCUT2D eigenvalue weighted by Crippen LogP contribution is 2.34. The second kappa shape index (κ2) is 6.07. The molecule has 0 spiro atoms. The van der Waals surface area contributed by atoms with Gasteiger partial charge in [0.05, 0.1) is 0 Å². The molecule has 0 radical (unpaired) electrons. The highest BCUT2D eigenvalue weighted by Gasteiger charge is 2.42. The van der Waals surface area contributed by atoms with Gasteiger partial charge in [0.15, 0.2) is 0 Å². The first kappa shape index (κ1) is 13.9. The van der Waals surface area contributed by atoms with Crippen LogP contribution in [0.2, 0.25) is 0 Å². The minimum absolute atomic E-state index is 0.178. The monoisotopic (exact) mass is 312 g/mol. The van der Waals surface area contributed by atoms with Crippen LogP contribution in [-0.2, 0) is 4.74 Å². The van der Waals surface area contributed by atoms with E-state index in [1.54, 1.807) is 0 Å². The van der Waals surface area contributed by atoms with Crippen molar-refractivity contribution < 1.29 is 9.47 Å². The van der Waals surface area contributed by atoms with E-state index in [1.807, 2.05) is 13.0 Å². The molecule has 1 aromatic carbocycles. The maximum Gasteiger partial charge on any atom is 0.127 e. The van der Waals surface area contributed by atoms with Gasteiger partial charge < -0.3 is 9.47 Å². The summed E-state index contributed by atoms with van der Waals surface area (Å²) < 4.78 is 11.7. The molecule has 3 heteroatoms. The summed E-state index contributed by atoms with van der Waals surface area (Å²) in [6.07, 6.45) is 1.37. The Kier molecular flexibility index (Phi) is 4.68. The lowest BCUT2D eigenvalue weighted by molar-refractivity contribution is -0.0723. The SMILES string of the molecule is CCOC1C(Br)CC1Oc1cccc(C(C)C)c1. The van der Waals surface area contributed by atoms with E-state index in [1.165, 1.54) is 5.56 Å². The van der Waals surface area contributed by atoms with E-state index in [9.17, 15) is 0 Å². The lowest BCUT2D eigenvalue weighted by atomic mass is 9.91. The minimum Gasteiger partial charge on any atom is -0.488 e. The van der Waals surface area contributed by atoms with Crippen molar-refractivity contribution in [2.24, 2.45) is 0 Å². The third-order valence-electron chi connectivity index (χ3n) is 3.35. The third kappa shape index (κ3) is 3.07. The first-order valence-electron chi connectivity index (χ1n) is 6.64. The van der Waals surface area contributed by atoms with Crippen molar-refractivity contribution in [1.82, 2.24) is 0 Å². The van der Waals surface area contributed by atoms with E-state index in [0.717, 1.165) is 18.8 Å². The van der Waals surface area contributed by atoms with Crippen molar-refractivity contribution in [3.63, 3.8) is 0 Å². The van der Waals surface area contributed by atoms with E-state index in [4.69, 9.17) is 9.47 Å². The van der Waals surface area contributed by atoms with Crippen LogP contribution < -0.4 is 4.74 Å². The Bertz CT molecular complexity index is 392. The summed E-state index contributed by atoms with van der Waals surface area (Å²) in [5, 5.41) is 0. The van der Waals surface area contributed by atoms with Crippen LogP contribution >= 0.6 is 15.9 Å². The van der Waals surface area contributed by atoms with E-state index < -0.39 is 0 Å². The minimum atomic E-state index is 0.178. The van der Waals surface area contributed by atoms with Crippen molar-refractivity contribution in [2.45, 2.75) is 50.1 Å². The van der Waals surface area contributed by atoms with Gasteiger partial charge in [0.25, 0.3) is 0 Å². The van der Waals surface area contributed by atoms with Crippen molar-refractivity contribution in [3.05, 3.63) is 29.8 Å². The fourth-order valence-corrected chi connectivity index (χ4v) is 3.03. The third-order valence-corrected chi connectivity index (χ3v) is 4.25. The fraction of sp³-hybridized carbons (Fsp3) is 0.600. The van der Waals surface area contributed by atoms with Gasteiger partial charge >= 0.3 is 0 Å². The van der Waals surface area contributed by atoms with E-state index in [0.29, 0.717) is 10.7 Å². The summed E-state index contributed by atoms with van der Waals surface area (Å²) in [6.45, 7) is 7.15. The molecule has 0 aliphatic heterocycles. The molecule has 1 saturated carbocycles. The molecule has 1 aromatic rings. The smallest absolute Gasteiger partial charge is 0.127 e. The largest absolute Gasteiger partial charge is 0.488 e. The summed E-state index contributed by atoms with van der Waals surface area (Å²) in [4.78, 5) is 0.427. The predicted molar refractivity (Wildman–Crippen MR) is 77.7 cm³/mol. The zero-order chi connectivity index (χ0) is 13.1. The molecule has 1 aliphatic carbocycles. The zero-order valence-corrected chi connectivity index (χ0v) is 12.8. The van der Waals surface area contributed by atoms with Gasteiger partial charge in [0.1, 0.15) is 18.0 Å². The molecule has 0 amide bonds. The molecule has 0 saturated heterocycles. The average Bonchev–Trinajstić information content (AvgIpc) is 2.36. The summed E-state index contributed by atoms with van der Waals surface area (Å²) in [6, 6.07) is 8.36. The molecule has 1 aliphatic rings. The van der Waals surface area contributed by atoms with Gasteiger partial charge in [-0.1, -0.05) is 41.9 Å². The molecule has 0 aromatic heterocycles. The van der Waals surface area contributed by atoms with Crippen molar-refractivity contribution in [1.29, 1.82) is 0 Å². The van der Waals surface area contributed by atoms with Gasteiger partial charge in [-0.25, -0.2) is 0 Å². The van der Waals surface area contributed by atoms with E-state index >= 15 is 0 Å². The molecular formula is C15H21BrO2. The lowest BCUT2D eigenvalue weighted by Crippen LogP contribution is -2.52. The Morgan fingerprint density at radius 3 is 2.78 bits per heavy atom. The summed E-state index contributed by atoms with van der Waals surface area (Å²) in [5.41, 5.74) is 1.31. The number of alkyl halides is 1. The molecule has 2 rings (SSSR count). The molecule has 0 N–H and O–H groups in total. The average molecular weight is 313 g/mol. The second-order valence-electron chi connectivity index (χ2n) is 5.06. The molecule has 0 bridgehead atoms. The first-order chi connectivity index (χ1) is 8.61. The zero-order valence-electron chi connectivity index (χ0n) is 11.2. The molecule has 1 fully saturated rings. The Labute approximate surface area is 118 Å². The Balaban J connectivity index is 1.99. The summed E-state index contributed by atoms with van der Waals surface area (Å²) >= 11 is 3.61. The number of ether oxygens (including phenoxy) is 2.